The molecule has 0 saturated heterocycles. The molecule has 27 heavy (non-hydrogen) atoms. The quantitative estimate of drug-likeness (QED) is 0.326. The molecule has 0 aliphatic heterocycles. The van der Waals surface area contributed by atoms with E-state index in [0.29, 0.717) is 0 Å². The van der Waals surface area contributed by atoms with E-state index in [1.165, 1.54) is 80.9 Å². The third-order valence-electron chi connectivity index (χ3n) is 5.39. The SMILES string of the molecule is CCCCCCC(CCCCCC)c1ccc(/C=C/c2ccncc2)cc1. The number of aromatic nitrogens is 1. The Balaban J connectivity index is 1.95. The average Bonchev–Trinajstić information content (AvgIpc) is 2.72. The highest BCUT2D eigenvalue weighted by molar-refractivity contribution is 5.69. The van der Waals surface area contributed by atoms with Gasteiger partial charge in [-0.3, -0.25) is 4.98 Å². The second-order valence-corrected chi connectivity index (χ2v) is 7.68. The summed E-state index contributed by atoms with van der Waals surface area (Å²) in [7, 11) is 0. The van der Waals surface area contributed by atoms with Gasteiger partial charge in [-0.25, -0.2) is 0 Å². The summed E-state index contributed by atoms with van der Waals surface area (Å²) in [4.78, 5) is 4.07. The number of nitrogens with zero attached hydrogens (tertiary/aromatic N) is 1. The summed E-state index contributed by atoms with van der Waals surface area (Å²) in [5.74, 6) is 0.733. The summed E-state index contributed by atoms with van der Waals surface area (Å²) < 4.78 is 0. The zero-order chi connectivity index (χ0) is 19.2. The summed E-state index contributed by atoms with van der Waals surface area (Å²) in [5, 5.41) is 0. The highest BCUT2D eigenvalue weighted by Gasteiger charge is 2.11. The lowest BCUT2D eigenvalue weighted by Crippen LogP contribution is -2.00. The van der Waals surface area contributed by atoms with Gasteiger partial charge >= 0.3 is 0 Å². The Morgan fingerprint density at radius 1 is 0.667 bits per heavy atom. The highest BCUT2D eigenvalue weighted by Crippen LogP contribution is 2.29. The van der Waals surface area contributed by atoms with Crippen LogP contribution in [0, 0.1) is 0 Å². The molecule has 1 nitrogen and oxygen atoms in total. The van der Waals surface area contributed by atoms with Gasteiger partial charge in [-0.1, -0.05) is 102 Å². The van der Waals surface area contributed by atoms with Gasteiger partial charge in [-0.2, -0.15) is 0 Å². The van der Waals surface area contributed by atoms with Crippen LogP contribution in [0.15, 0.2) is 48.8 Å². The molecule has 0 atom stereocenters. The molecule has 0 aliphatic rings. The lowest BCUT2D eigenvalue weighted by atomic mass is 9.88. The van der Waals surface area contributed by atoms with Crippen molar-refractivity contribution in [2.75, 3.05) is 0 Å². The fourth-order valence-corrected chi connectivity index (χ4v) is 3.66. The van der Waals surface area contributed by atoms with Gasteiger partial charge < -0.3 is 0 Å². The van der Waals surface area contributed by atoms with Gasteiger partial charge in [0.25, 0.3) is 0 Å². The first-order chi connectivity index (χ1) is 13.3. The van der Waals surface area contributed by atoms with Crippen molar-refractivity contribution in [1.82, 2.24) is 4.98 Å². The molecule has 0 saturated carbocycles. The predicted octanol–water partition coefficient (Wildman–Crippen LogP) is 8.28. The second kappa shape index (κ2) is 13.3. The zero-order valence-electron chi connectivity index (χ0n) is 17.4. The van der Waals surface area contributed by atoms with Crippen molar-refractivity contribution in [3.8, 4) is 0 Å². The summed E-state index contributed by atoms with van der Waals surface area (Å²) in [6, 6.07) is 13.3. The topological polar surface area (TPSA) is 12.9 Å². The van der Waals surface area contributed by atoms with Crippen LogP contribution < -0.4 is 0 Å². The summed E-state index contributed by atoms with van der Waals surface area (Å²) in [6.07, 6.45) is 21.6. The number of unbranched alkanes of at least 4 members (excludes halogenated alkanes) is 6. The zero-order valence-corrected chi connectivity index (χ0v) is 17.4. The molecule has 2 rings (SSSR count). The Morgan fingerprint density at radius 2 is 1.19 bits per heavy atom. The Morgan fingerprint density at radius 3 is 1.70 bits per heavy atom. The van der Waals surface area contributed by atoms with Crippen LogP contribution in [0.1, 0.15) is 101 Å². The number of hydrogen-bond acceptors (Lipinski definition) is 1. The standard InChI is InChI=1S/C26H37N/c1-3-5-7-9-11-25(12-10-8-6-4-2)26-17-15-23(16-18-26)13-14-24-19-21-27-22-20-24/h13-22,25H,3-12H2,1-2H3/b14-13+. The molecule has 0 amide bonds. The van der Waals surface area contributed by atoms with Crippen LogP contribution in [0.4, 0.5) is 0 Å². The molecule has 0 unspecified atom stereocenters. The molecule has 0 N–H and O–H groups in total. The molecule has 0 radical (unpaired) electrons. The highest BCUT2D eigenvalue weighted by atomic mass is 14.6. The fraction of sp³-hybridized carbons (Fsp3) is 0.500. The molecule has 1 heterocycles. The van der Waals surface area contributed by atoms with Crippen molar-refractivity contribution in [3.63, 3.8) is 0 Å². The van der Waals surface area contributed by atoms with Crippen LogP contribution in [-0.2, 0) is 0 Å². The maximum atomic E-state index is 4.07. The minimum atomic E-state index is 0.733. The monoisotopic (exact) mass is 363 g/mol. The maximum absolute atomic E-state index is 4.07. The first kappa shape index (κ1) is 21.4. The van der Waals surface area contributed by atoms with Gasteiger partial charge in [-0.05, 0) is 47.6 Å². The number of pyridine rings is 1. The van der Waals surface area contributed by atoms with E-state index in [0.717, 1.165) is 5.92 Å². The van der Waals surface area contributed by atoms with E-state index in [-0.39, 0.29) is 0 Å². The first-order valence-electron chi connectivity index (χ1n) is 11.0. The Kier molecular flexibility index (Phi) is 10.6. The van der Waals surface area contributed by atoms with Gasteiger partial charge in [0, 0.05) is 12.4 Å². The van der Waals surface area contributed by atoms with Crippen LogP contribution in [0.3, 0.4) is 0 Å². The summed E-state index contributed by atoms with van der Waals surface area (Å²) in [5.41, 5.74) is 3.99. The first-order valence-corrected chi connectivity index (χ1v) is 11.0. The second-order valence-electron chi connectivity index (χ2n) is 7.68. The Labute approximate surface area is 166 Å². The van der Waals surface area contributed by atoms with Crippen molar-refractivity contribution in [1.29, 1.82) is 0 Å². The largest absolute Gasteiger partial charge is 0.265 e. The van der Waals surface area contributed by atoms with Crippen LogP contribution >= 0.6 is 0 Å². The van der Waals surface area contributed by atoms with Crippen molar-refractivity contribution < 1.29 is 0 Å². The molecule has 1 aromatic heterocycles. The van der Waals surface area contributed by atoms with E-state index in [1.54, 1.807) is 0 Å². The molecular formula is C26H37N. The molecule has 0 spiro atoms. The van der Waals surface area contributed by atoms with Crippen molar-refractivity contribution in [2.24, 2.45) is 0 Å². The minimum Gasteiger partial charge on any atom is -0.265 e. The Hall–Kier alpha value is -1.89. The van der Waals surface area contributed by atoms with Gasteiger partial charge in [-0.15, -0.1) is 0 Å². The van der Waals surface area contributed by atoms with E-state index < -0.39 is 0 Å². The van der Waals surface area contributed by atoms with Crippen molar-refractivity contribution in [3.05, 3.63) is 65.5 Å². The third-order valence-corrected chi connectivity index (χ3v) is 5.39. The smallest absolute Gasteiger partial charge is 0.0273 e. The Bertz CT molecular complexity index is 615. The summed E-state index contributed by atoms with van der Waals surface area (Å²) in [6.45, 7) is 4.58. The molecule has 0 fully saturated rings. The maximum Gasteiger partial charge on any atom is 0.0273 e. The summed E-state index contributed by atoms with van der Waals surface area (Å²) >= 11 is 0. The number of benzene rings is 1. The van der Waals surface area contributed by atoms with Gasteiger partial charge in [0.05, 0.1) is 0 Å². The van der Waals surface area contributed by atoms with E-state index in [2.05, 4.69) is 55.2 Å². The molecular weight excluding hydrogens is 326 g/mol. The van der Waals surface area contributed by atoms with Crippen LogP contribution in [-0.4, -0.2) is 4.98 Å². The molecule has 146 valence electrons. The lowest BCUT2D eigenvalue weighted by Gasteiger charge is -2.18. The lowest BCUT2D eigenvalue weighted by molar-refractivity contribution is 0.496. The molecule has 2 aromatic rings. The fourth-order valence-electron chi connectivity index (χ4n) is 3.66. The molecule has 0 aliphatic carbocycles. The van der Waals surface area contributed by atoms with E-state index in [4.69, 9.17) is 0 Å². The normalized spacial score (nSPS) is 11.5. The van der Waals surface area contributed by atoms with Crippen molar-refractivity contribution >= 4 is 12.2 Å². The van der Waals surface area contributed by atoms with Gasteiger partial charge in [0.15, 0.2) is 0 Å². The third kappa shape index (κ3) is 8.56. The van der Waals surface area contributed by atoms with Gasteiger partial charge in [0.1, 0.15) is 0 Å². The number of rotatable bonds is 13. The molecule has 1 aromatic carbocycles. The van der Waals surface area contributed by atoms with Crippen LogP contribution in [0.25, 0.3) is 12.2 Å². The number of hydrogen-bond donors (Lipinski definition) is 0. The van der Waals surface area contributed by atoms with Crippen LogP contribution in [0.2, 0.25) is 0 Å². The average molecular weight is 364 g/mol. The van der Waals surface area contributed by atoms with E-state index in [9.17, 15) is 0 Å². The van der Waals surface area contributed by atoms with E-state index in [1.807, 2.05) is 24.5 Å². The van der Waals surface area contributed by atoms with Crippen LogP contribution in [0.5, 0.6) is 0 Å². The molecule has 0 bridgehead atoms. The predicted molar refractivity (Wildman–Crippen MR) is 120 cm³/mol. The van der Waals surface area contributed by atoms with Gasteiger partial charge in [0.2, 0.25) is 0 Å². The van der Waals surface area contributed by atoms with Crippen molar-refractivity contribution in [2.45, 2.75) is 84.0 Å². The molecule has 1 heteroatoms. The van der Waals surface area contributed by atoms with E-state index >= 15 is 0 Å². The minimum absolute atomic E-state index is 0.733.